The average molecular weight is 186 g/mol. The molecule has 0 N–H and O–H groups in total. The zero-order chi connectivity index (χ0) is 9.59. The molecule has 0 amide bonds. The first-order valence-corrected chi connectivity index (χ1v) is 4.11. The zero-order valence-electron chi connectivity index (χ0n) is 7.35. The molecule has 0 aromatic heterocycles. The predicted octanol–water partition coefficient (Wildman–Crippen LogP) is -0.369. The second-order valence-corrected chi connectivity index (χ2v) is 3.18. The topological polar surface area (TPSA) is 65.1 Å². The van der Waals surface area contributed by atoms with Crippen molar-refractivity contribution in [1.29, 1.82) is 0 Å². The van der Waals surface area contributed by atoms with Crippen LogP contribution in [-0.2, 0) is 23.8 Å². The number of ketones is 1. The van der Waals surface area contributed by atoms with Crippen LogP contribution in [0.3, 0.4) is 0 Å². The lowest BCUT2D eigenvalue weighted by Gasteiger charge is -2.22. The molecule has 5 nitrogen and oxygen atoms in total. The molecule has 2 aliphatic rings. The highest BCUT2D eigenvalue weighted by molar-refractivity contribution is 5.90. The normalized spacial score (nSPS) is 42.5. The first-order chi connectivity index (χ1) is 6.09. The molecule has 2 rings (SSSR count). The summed E-state index contributed by atoms with van der Waals surface area (Å²) in [7, 11) is 0. The third kappa shape index (κ3) is 1.45. The number of carbonyl (C=O) groups is 2. The molecule has 2 fully saturated rings. The van der Waals surface area contributed by atoms with E-state index in [-0.39, 0.29) is 11.9 Å². The van der Waals surface area contributed by atoms with Crippen LogP contribution in [0.4, 0.5) is 0 Å². The fraction of sp³-hybridized carbons (Fsp3) is 0.750. The maximum Gasteiger partial charge on any atom is 0.305 e. The number of rotatable bonds is 1. The minimum absolute atomic E-state index is 0.0756. The second-order valence-electron chi connectivity index (χ2n) is 3.18. The third-order valence-corrected chi connectivity index (χ3v) is 2.10. The minimum Gasteiger partial charge on any atom is -0.433 e. The van der Waals surface area contributed by atoms with Crippen molar-refractivity contribution in [2.45, 2.75) is 38.4 Å². The molecule has 0 aliphatic carbocycles. The Morgan fingerprint density at radius 2 is 2.15 bits per heavy atom. The van der Waals surface area contributed by atoms with Crippen molar-refractivity contribution in [3.05, 3.63) is 0 Å². The van der Waals surface area contributed by atoms with Crippen LogP contribution < -0.4 is 0 Å². The van der Waals surface area contributed by atoms with Gasteiger partial charge in [-0.3, -0.25) is 9.59 Å². The second kappa shape index (κ2) is 2.78. The van der Waals surface area contributed by atoms with Crippen LogP contribution in [0.5, 0.6) is 0 Å². The molecule has 0 aromatic carbocycles. The van der Waals surface area contributed by atoms with Gasteiger partial charge in [-0.25, -0.2) is 0 Å². The van der Waals surface area contributed by atoms with E-state index in [9.17, 15) is 9.59 Å². The van der Waals surface area contributed by atoms with Crippen molar-refractivity contribution in [2.75, 3.05) is 0 Å². The van der Waals surface area contributed by atoms with Gasteiger partial charge in [0.2, 0.25) is 6.29 Å². The van der Waals surface area contributed by atoms with Gasteiger partial charge in [0.05, 0.1) is 0 Å². The summed E-state index contributed by atoms with van der Waals surface area (Å²) in [5.41, 5.74) is 0. The number of esters is 1. The quantitative estimate of drug-likeness (QED) is 0.413. The predicted molar refractivity (Wildman–Crippen MR) is 39.8 cm³/mol. The highest BCUT2D eigenvalue weighted by atomic mass is 16.7. The van der Waals surface area contributed by atoms with Gasteiger partial charge in [-0.1, -0.05) is 0 Å². The lowest BCUT2D eigenvalue weighted by molar-refractivity contribution is -0.196. The first kappa shape index (κ1) is 8.65. The zero-order valence-corrected chi connectivity index (χ0v) is 7.35. The van der Waals surface area contributed by atoms with Crippen LogP contribution in [0, 0.1) is 0 Å². The van der Waals surface area contributed by atoms with Crippen molar-refractivity contribution in [2.24, 2.45) is 0 Å². The molecule has 0 aromatic rings. The molecule has 4 unspecified atom stereocenters. The van der Waals surface area contributed by atoms with Crippen molar-refractivity contribution >= 4 is 11.8 Å². The summed E-state index contributed by atoms with van der Waals surface area (Å²) in [4.78, 5) is 21.8. The molecule has 2 heterocycles. The fourth-order valence-corrected chi connectivity index (χ4v) is 1.40. The van der Waals surface area contributed by atoms with Crippen molar-refractivity contribution in [3.63, 3.8) is 0 Å². The molecule has 2 aliphatic heterocycles. The lowest BCUT2D eigenvalue weighted by Crippen LogP contribution is -2.42. The van der Waals surface area contributed by atoms with Crippen LogP contribution in [0.15, 0.2) is 0 Å². The van der Waals surface area contributed by atoms with Gasteiger partial charge in [0.25, 0.3) is 0 Å². The number of fused-ring (bicyclic) bond motifs is 1. The van der Waals surface area contributed by atoms with Crippen LogP contribution in [0.2, 0.25) is 0 Å². The number of carbonyl (C=O) groups excluding carboxylic acids is 2. The van der Waals surface area contributed by atoms with Gasteiger partial charge < -0.3 is 14.2 Å². The summed E-state index contributed by atoms with van der Waals surface area (Å²) in [6.45, 7) is 2.92. The summed E-state index contributed by atoms with van der Waals surface area (Å²) in [6.07, 6.45) is -2.07. The number of epoxide rings is 1. The standard InChI is InChI=1S/C8H10O5/c1-3-5(10)6-7(13-6)8(11-3)12-4(2)9/h3,6-8H,1-2H3. The monoisotopic (exact) mass is 186 g/mol. The van der Waals surface area contributed by atoms with Crippen molar-refractivity contribution < 1.29 is 23.8 Å². The molecule has 72 valence electrons. The van der Waals surface area contributed by atoms with E-state index >= 15 is 0 Å². The number of hydrogen-bond acceptors (Lipinski definition) is 5. The summed E-state index contributed by atoms with van der Waals surface area (Å²) >= 11 is 0. The Labute approximate surface area is 74.9 Å². The Hall–Kier alpha value is -0.940. The molecule has 2 saturated heterocycles. The van der Waals surface area contributed by atoms with Gasteiger partial charge in [-0.2, -0.15) is 0 Å². The van der Waals surface area contributed by atoms with E-state index in [0.717, 1.165) is 0 Å². The molecule has 5 heteroatoms. The van der Waals surface area contributed by atoms with E-state index in [1.807, 2.05) is 0 Å². The van der Waals surface area contributed by atoms with Crippen LogP contribution in [-0.4, -0.2) is 36.4 Å². The van der Waals surface area contributed by atoms with Gasteiger partial charge in [-0.05, 0) is 6.92 Å². The van der Waals surface area contributed by atoms with E-state index in [0.29, 0.717) is 0 Å². The van der Waals surface area contributed by atoms with E-state index in [1.165, 1.54) is 6.92 Å². The third-order valence-electron chi connectivity index (χ3n) is 2.10. The number of ether oxygens (including phenoxy) is 3. The average Bonchev–Trinajstić information content (AvgIpc) is 2.77. The van der Waals surface area contributed by atoms with Gasteiger partial charge in [0.15, 0.2) is 18.0 Å². The molecular formula is C8H10O5. The lowest BCUT2D eigenvalue weighted by atomic mass is 10.1. The highest BCUT2D eigenvalue weighted by Crippen LogP contribution is 2.35. The van der Waals surface area contributed by atoms with Gasteiger partial charge in [0, 0.05) is 6.92 Å². The molecule has 4 atom stereocenters. The Morgan fingerprint density at radius 1 is 1.46 bits per heavy atom. The van der Waals surface area contributed by atoms with E-state index in [4.69, 9.17) is 14.2 Å². The molecule has 0 spiro atoms. The molecule has 0 radical (unpaired) electrons. The smallest absolute Gasteiger partial charge is 0.305 e. The summed E-state index contributed by atoms with van der Waals surface area (Å²) in [5, 5.41) is 0. The SMILES string of the molecule is CC(=O)OC1OC(C)C(=O)C2OC12. The highest BCUT2D eigenvalue weighted by Gasteiger charge is 2.58. The van der Waals surface area contributed by atoms with Crippen LogP contribution >= 0.6 is 0 Å². The maximum absolute atomic E-state index is 11.2. The molecule has 0 saturated carbocycles. The molecule has 0 bridgehead atoms. The molecular weight excluding hydrogens is 176 g/mol. The van der Waals surface area contributed by atoms with E-state index in [2.05, 4.69) is 0 Å². The van der Waals surface area contributed by atoms with Crippen LogP contribution in [0.1, 0.15) is 13.8 Å². The van der Waals surface area contributed by atoms with Gasteiger partial charge in [0.1, 0.15) is 6.10 Å². The summed E-state index contributed by atoms with van der Waals surface area (Å²) in [5.74, 6) is -0.505. The largest absolute Gasteiger partial charge is 0.433 e. The Bertz CT molecular complexity index is 257. The summed E-state index contributed by atoms with van der Waals surface area (Å²) in [6, 6.07) is 0. The first-order valence-electron chi connectivity index (χ1n) is 4.11. The Balaban J connectivity index is 2.01. The Morgan fingerprint density at radius 3 is 2.77 bits per heavy atom. The maximum atomic E-state index is 11.2. The van der Waals surface area contributed by atoms with Crippen molar-refractivity contribution in [3.8, 4) is 0 Å². The van der Waals surface area contributed by atoms with Crippen molar-refractivity contribution in [1.82, 2.24) is 0 Å². The Kier molecular flexibility index (Phi) is 1.85. The van der Waals surface area contributed by atoms with E-state index < -0.39 is 24.5 Å². The molecule has 13 heavy (non-hydrogen) atoms. The van der Waals surface area contributed by atoms with Crippen LogP contribution in [0.25, 0.3) is 0 Å². The van der Waals surface area contributed by atoms with Gasteiger partial charge in [-0.15, -0.1) is 0 Å². The number of Topliss-reactive ketones (excluding diaryl/α,β-unsaturated/α-hetero) is 1. The minimum atomic E-state index is -0.713. The number of hydrogen-bond donors (Lipinski definition) is 0. The van der Waals surface area contributed by atoms with Gasteiger partial charge >= 0.3 is 5.97 Å². The fourth-order valence-electron chi connectivity index (χ4n) is 1.40. The van der Waals surface area contributed by atoms with E-state index in [1.54, 1.807) is 6.92 Å². The summed E-state index contributed by atoms with van der Waals surface area (Å²) < 4.78 is 15.0.